The quantitative estimate of drug-likeness (QED) is 0.0531. The Kier molecular flexibility index (Phi) is 17.8. The molecule has 1 saturated heterocycles. The van der Waals surface area contributed by atoms with Crippen LogP contribution in [-0.4, -0.2) is 150 Å². The standard InChI is InChI=1S/C34H47N7O16/c1-15(28(50)37-21(13-25(46)47)30(52)39-22(34(56)57)14-26(48)49)36-29(51)20(12-17-5-7-18(43)8-6-17)38-32(54)27(16(2)42)40-31(53)23-4-3-11-41(23)33(55)19(35)9-10-24(44)45/h5-8,15-16,19-23,27,42-43H,3-4,9-14,35H2,1-2H3,(H,36,51)(H,37,50)(H,38,54)(H,39,52)(H,40,53)(H,44,45)(H,46,47)(H,48,49)(H,56,57)/t15-,16+,19-,20-,21-,22-,23-,27-/m0/s1. The number of phenols is 1. The molecule has 1 aliphatic rings. The Bertz CT molecular complexity index is 1690. The Labute approximate surface area is 324 Å². The summed E-state index contributed by atoms with van der Waals surface area (Å²) in [6.07, 6.45) is -4.08. The van der Waals surface area contributed by atoms with Crippen LogP contribution >= 0.6 is 0 Å². The minimum atomic E-state index is -1.98. The maximum absolute atomic E-state index is 13.6. The first-order valence-corrected chi connectivity index (χ1v) is 17.5. The predicted octanol–water partition coefficient (Wildman–Crippen LogP) is -4.02. The van der Waals surface area contributed by atoms with E-state index in [1.165, 1.54) is 24.3 Å². The number of likely N-dealkylation sites (tertiary alicyclic amines) is 1. The molecule has 1 aromatic carbocycles. The van der Waals surface area contributed by atoms with Crippen LogP contribution in [-0.2, 0) is 54.4 Å². The van der Waals surface area contributed by atoms with Crippen molar-refractivity contribution in [2.24, 2.45) is 5.73 Å². The van der Waals surface area contributed by atoms with Crippen molar-refractivity contribution in [3.05, 3.63) is 29.8 Å². The Hall–Kier alpha value is -6.36. The number of aliphatic hydroxyl groups excluding tert-OH is 1. The first-order valence-electron chi connectivity index (χ1n) is 17.5. The molecule has 13 N–H and O–H groups in total. The molecule has 8 atom stereocenters. The van der Waals surface area contributed by atoms with Gasteiger partial charge < -0.3 is 67.9 Å². The third-order valence-corrected chi connectivity index (χ3v) is 8.65. The smallest absolute Gasteiger partial charge is 0.326 e. The number of carboxylic acid groups (broad SMARTS) is 4. The van der Waals surface area contributed by atoms with Crippen molar-refractivity contribution in [2.45, 2.75) is 107 Å². The summed E-state index contributed by atoms with van der Waals surface area (Å²) >= 11 is 0. The lowest BCUT2D eigenvalue weighted by molar-refractivity contribution is -0.148. The van der Waals surface area contributed by atoms with Crippen LogP contribution < -0.4 is 32.3 Å². The molecule has 2 rings (SSSR count). The van der Waals surface area contributed by atoms with E-state index in [4.69, 9.17) is 15.9 Å². The van der Waals surface area contributed by atoms with Crippen molar-refractivity contribution < 1.29 is 78.6 Å². The number of aromatic hydroxyl groups is 1. The fourth-order valence-corrected chi connectivity index (χ4v) is 5.62. The van der Waals surface area contributed by atoms with Gasteiger partial charge in [-0.1, -0.05) is 12.1 Å². The monoisotopic (exact) mass is 809 g/mol. The van der Waals surface area contributed by atoms with Crippen molar-refractivity contribution in [1.82, 2.24) is 31.5 Å². The number of aliphatic hydroxyl groups is 1. The van der Waals surface area contributed by atoms with Crippen molar-refractivity contribution >= 4 is 59.3 Å². The summed E-state index contributed by atoms with van der Waals surface area (Å²) in [6.45, 7) is 2.39. The van der Waals surface area contributed by atoms with E-state index >= 15 is 0 Å². The van der Waals surface area contributed by atoms with Crippen LogP contribution in [0.4, 0.5) is 0 Å². The van der Waals surface area contributed by atoms with Crippen LogP contribution in [0.1, 0.15) is 57.9 Å². The van der Waals surface area contributed by atoms with Crippen molar-refractivity contribution in [3.8, 4) is 5.75 Å². The molecular formula is C34H47N7O16. The van der Waals surface area contributed by atoms with E-state index in [9.17, 15) is 68.4 Å². The number of benzene rings is 1. The lowest BCUT2D eigenvalue weighted by Gasteiger charge is -2.30. The van der Waals surface area contributed by atoms with Gasteiger partial charge in [0.05, 0.1) is 25.0 Å². The number of rotatable bonds is 22. The lowest BCUT2D eigenvalue weighted by atomic mass is 10.0. The van der Waals surface area contributed by atoms with E-state index in [1.54, 1.807) is 0 Å². The second-order valence-corrected chi connectivity index (χ2v) is 13.3. The Morgan fingerprint density at radius 3 is 1.82 bits per heavy atom. The molecule has 0 bridgehead atoms. The van der Waals surface area contributed by atoms with E-state index < -0.39 is 127 Å². The number of carbonyl (C=O) groups excluding carboxylic acids is 6. The highest BCUT2D eigenvalue weighted by Gasteiger charge is 2.39. The summed E-state index contributed by atoms with van der Waals surface area (Å²) in [7, 11) is 0. The van der Waals surface area contributed by atoms with Gasteiger partial charge in [-0.2, -0.15) is 0 Å². The molecule has 0 unspecified atom stereocenters. The number of amides is 6. The number of aliphatic carboxylic acids is 4. The lowest BCUT2D eigenvalue weighted by Crippen LogP contribution is -2.61. The van der Waals surface area contributed by atoms with E-state index in [2.05, 4.69) is 21.3 Å². The Morgan fingerprint density at radius 2 is 1.28 bits per heavy atom. The largest absolute Gasteiger partial charge is 0.508 e. The molecule has 314 valence electrons. The molecule has 0 aliphatic carbocycles. The molecule has 0 spiro atoms. The second-order valence-electron chi connectivity index (χ2n) is 13.3. The van der Waals surface area contributed by atoms with Gasteiger partial charge in [0.25, 0.3) is 0 Å². The summed E-state index contributed by atoms with van der Waals surface area (Å²) in [4.78, 5) is 125. The highest BCUT2D eigenvalue weighted by Crippen LogP contribution is 2.20. The van der Waals surface area contributed by atoms with E-state index in [1.807, 2.05) is 5.32 Å². The molecule has 1 heterocycles. The third kappa shape index (κ3) is 15.0. The molecule has 1 aromatic rings. The molecular weight excluding hydrogens is 762 g/mol. The van der Waals surface area contributed by atoms with Crippen LogP contribution in [0.3, 0.4) is 0 Å². The SMILES string of the molecule is C[C@H](NC(=O)[C@H](Cc1ccc(O)cc1)NC(=O)[C@@H](NC(=O)[C@@H]1CCCN1C(=O)[C@@H](N)CCC(=O)O)[C@@H](C)O)C(=O)N[C@@H](CC(=O)O)C(=O)N[C@@H](CC(=O)O)C(=O)O. The molecule has 1 aliphatic heterocycles. The van der Waals surface area contributed by atoms with E-state index in [0.29, 0.717) is 12.0 Å². The summed E-state index contributed by atoms with van der Waals surface area (Å²) in [6, 6.07) is -5.72. The van der Waals surface area contributed by atoms with Crippen LogP contribution in [0.15, 0.2) is 24.3 Å². The normalized spacial score (nSPS) is 17.3. The van der Waals surface area contributed by atoms with Gasteiger partial charge in [-0.25, -0.2) is 4.79 Å². The van der Waals surface area contributed by atoms with Gasteiger partial charge in [0, 0.05) is 19.4 Å². The number of hydrogen-bond donors (Lipinski definition) is 12. The molecule has 0 aromatic heterocycles. The molecule has 0 saturated carbocycles. The highest BCUT2D eigenvalue weighted by atomic mass is 16.4. The zero-order valence-electron chi connectivity index (χ0n) is 30.9. The van der Waals surface area contributed by atoms with Crippen LogP contribution in [0.2, 0.25) is 0 Å². The first-order chi connectivity index (χ1) is 26.6. The fraction of sp³-hybridized carbons (Fsp3) is 0.529. The van der Waals surface area contributed by atoms with E-state index in [-0.39, 0.29) is 31.6 Å². The number of phenolic OH excluding ortho intramolecular Hbond substituents is 1. The number of carboxylic acids is 4. The van der Waals surface area contributed by atoms with Gasteiger partial charge in [-0.3, -0.25) is 43.2 Å². The zero-order chi connectivity index (χ0) is 43.1. The van der Waals surface area contributed by atoms with Gasteiger partial charge in [-0.15, -0.1) is 0 Å². The summed E-state index contributed by atoms with van der Waals surface area (Å²) < 4.78 is 0. The van der Waals surface area contributed by atoms with Crippen molar-refractivity contribution in [2.75, 3.05) is 6.54 Å². The van der Waals surface area contributed by atoms with Gasteiger partial charge >= 0.3 is 23.9 Å². The van der Waals surface area contributed by atoms with Crippen LogP contribution in [0.25, 0.3) is 0 Å². The summed E-state index contributed by atoms with van der Waals surface area (Å²) in [5.74, 6) is -12.4. The maximum atomic E-state index is 13.6. The number of nitrogens with two attached hydrogens (primary N) is 1. The number of hydrogen-bond acceptors (Lipinski definition) is 13. The van der Waals surface area contributed by atoms with Gasteiger partial charge in [0.15, 0.2) is 0 Å². The maximum Gasteiger partial charge on any atom is 0.326 e. The van der Waals surface area contributed by atoms with Crippen molar-refractivity contribution in [1.29, 1.82) is 0 Å². The number of nitrogens with one attached hydrogen (secondary N) is 5. The van der Waals surface area contributed by atoms with Crippen LogP contribution in [0.5, 0.6) is 5.75 Å². The van der Waals surface area contributed by atoms with E-state index in [0.717, 1.165) is 18.7 Å². The molecule has 57 heavy (non-hydrogen) atoms. The minimum absolute atomic E-state index is 0.110. The molecule has 6 amide bonds. The predicted molar refractivity (Wildman–Crippen MR) is 191 cm³/mol. The molecule has 0 radical (unpaired) electrons. The first kappa shape index (κ1) is 46.8. The topological polar surface area (TPSA) is 381 Å². The van der Waals surface area contributed by atoms with Gasteiger partial charge in [0.1, 0.15) is 42.0 Å². The Morgan fingerprint density at radius 1 is 0.737 bits per heavy atom. The number of carbonyl (C=O) groups is 10. The minimum Gasteiger partial charge on any atom is -0.508 e. The summed E-state index contributed by atoms with van der Waals surface area (Å²) in [5.41, 5.74) is 6.23. The molecule has 23 heteroatoms. The highest BCUT2D eigenvalue weighted by molar-refractivity contribution is 5.98. The summed E-state index contributed by atoms with van der Waals surface area (Å²) in [5, 5.41) is 67.5. The van der Waals surface area contributed by atoms with Gasteiger partial charge in [-0.05, 0) is 50.8 Å². The fourth-order valence-electron chi connectivity index (χ4n) is 5.62. The average molecular weight is 810 g/mol. The second kappa shape index (κ2) is 21.7. The van der Waals surface area contributed by atoms with Crippen LogP contribution in [0, 0.1) is 0 Å². The number of nitrogens with zero attached hydrogens (tertiary/aromatic N) is 1. The Balaban J connectivity index is 2.26. The van der Waals surface area contributed by atoms with Crippen molar-refractivity contribution in [3.63, 3.8) is 0 Å². The third-order valence-electron chi connectivity index (χ3n) is 8.65. The molecule has 1 fully saturated rings. The van der Waals surface area contributed by atoms with Gasteiger partial charge in [0.2, 0.25) is 35.4 Å². The zero-order valence-corrected chi connectivity index (χ0v) is 30.9. The molecule has 23 nitrogen and oxygen atoms in total. The average Bonchev–Trinajstić information content (AvgIpc) is 3.62.